The molecule has 176 valence electrons. The number of aryl methyl sites for hydroxylation is 3. The maximum atomic E-state index is 16.3. The second kappa shape index (κ2) is 9.96. The molecule has 0 saturated heterocycles. The van der Waals surface area contributed by atoms with Gasteiger partial charge in [0.25, 0.3) is 0 Å². The predicted molar refractivity (Wildman–Crippen MR) is 125 cm³/mol. The van der Waals surface area contributed by atoms with Crippen molar-refractivity contribution >= 4 is 5.57 Å². The molecule has 0 radical (unpaired) electrons. The largest absolute Gasteiger partial charge is 0.233 e. The van der Waals surface area contributed by atoms with E-state index in [-0.39, 0.29) is 17.5 Å². The van der Waals surface area contributed by atoms with Crippen LogP contribution < -0.4 is 0 Å². The molecule has 0 saturated carbocycles. The highest BCUT2D eigenvalue weighted by molar-refractivity contribution is 5.78. The summed E-state index contributed by atoms with van der Waals surface area (Å²) >= 11 is 0. The van der Waals surface area contributed by atoms with E-state index in [4.69, 9.17) is 0 Å². The standard InChI is InChI=1S/C29H25F5/c1-2-4-19-6-8-20(9-7-19)10-11-21-12-14-23(26(32)17-21)29(34)16-3-5-25(31)28(29)22-13-15-24(30)27(33)18-22/h3,5-9,12-15,17-18H,2,4,10-11,16H2,1H3. The molecule has 1 unspecified atom stereocenters. The molecule has 0 nitrogen and oxygen atoms in total. The first kappa shape index (κ1) is 23.9. The first-order valence-electron chi connectivity index (χ1n) is 11.4. The minimum absolute atomic E-state index is 0.168. The van der Waals surface area contributed by atoms with Crippen molar-refractivity contribution in [1.82, 2.24) is 0 Å². The monoisotopic (exact) mass is 468 g/mol. The average molecular weight is 469 g/mol. The minimum Gasteiger partial charge on any atom is -0.233 e. The van der Waals surface area contributed by atoms with Crippen molar-refractivity contribution in [2.45, 2.75) is 44.7 Å². The summed E-state index contributed by atoms with van der Waals surface area (Å²) in [5.74, 6) is -4.11. The Hall–Kier alpha value is -3.21. The molecular weight excluding hydrogens is 443 g/mol. The van der Waals surface area contributed by atoms with Gasteiger partial charge in [-0.2, -0.15) is 0 Å². The molecule has 1 atom stereocenters. The van der Waals surface area contributed by atoms with Gasteiger partial charge in [0, 0.05) is 17.6 Å². The van der Waals surface area contributed by atoms with Gasteiger partial charge in [-0.3, -0.25) is 0 Å². The van der Waals surface area contributed by atoms with E-state index in [1.807, 2.05) is 0 Å². The van der Waals surface area contributed by atoms with Crippen LogP contribution in [0.4, 0.5) is 22.0 Å². The second-order valence-electron chi connectivity index (χ2n) is 8.64. The number of hydrogen-bond acceptors (Lipinski definition) is 0. The van der Waals surface area contributed by atoms with Gasteiger partial charge in [0.15, 0.2) is 17.3 Å². The zero-order chi connectivity index (χ0) is 24.3. The molecule has 0 fully saturated rings. The van der Waals surface area contributed by atoms with Crippen molar-refractivity contribution in [3.05, 3.63) is 124 Å². The average Bonchev–Trinajstić information content (AvgIpc) is 2.81. The Labute approximate surface area is 196 Å². The zero-order valence-electron chi connectivity index (χ0n) is 18.9. The van der Waals surface area contributed by atoms with E-state index in [0.29, 0.717) is 18.4 Å². The number of rotatable bonds is 7. The third kappa shape index (κ3) is 4.84. The topological polar surface area (TPSA) is 0 Å². The predicted octanol–water partition coefficient (Wildman–Crippen LogP) is 8.35. The molecule has 3 aromatic rings. The summed E-state index contributed by atoms with van der Waals surface area (Å²) in [4.78, 5) is 0. The van der Waals surface area contributed by atoms with E-state index in [1.54, 1.807) is 6.07 Å². The molecule has 0 N–H and O–H groups in total. The Morgan fingerprint density at radius 1 is 0.706 bits per heavy atom. The molecular formula is C29H25F5. The highest BCUT2D eigenvalue weighted by Crippen LogP contribution is 2.48. The lowest BCUT2D eigenvalue weighted by atomic mass is 9.78. The maximum absolute atomic E-state index is 16.3. The molecule has 1 aliphatic rings. The molecule has 0 bridgehead atoms. The molecule has 0 aromatic heterocycles. The van der Waals surface area contributed by atoms with Crippen LogP contribution in [-0.2, 0) is 24.9 Å². The fourth-order valence-electron chi connectivity index (χ4n) is 4.45. The summed E-state index contributed by atoms with van der Waals surface area (Å²) in [6.45, 7) is 2.13. The Morgan fingerprint density at radius 3 is 2.00 bits per heavy atom. The lowest BCUT2D eigenvalue weighted by Crippen LogP contribution is -2.26. The van der Waals surface area contributed by atoms with Crippen LogP contribution in [0.5, 0.6) is 0 Å². The first-order valence-corrected chi connectivity index (χ1v) is 11.4. The molecule has 34 heavy (non-hydrogen) atoms. The van der Waals surface area contributed by atoms with E-state index < -0.39 is 34.5 Å². The lowest BCUT2D eigenvalue weighted by molar-refractivity contribution is 0.237. The van der Waals surface area contributed by atoms with Crippen molar-refractivity contribution in [2.75, 3.05) is 0 Å². The Morgan fingerprint density at radius 2 is 1.35 bits per heavy atom. The van der Waals surface area contributed by atoms with Crippen LogP contribution in [0.2, 0.25) is 0 Å². The smallest absolute Gasteiger partial charge is 0.170 e. The van der Waals surface area contributed by atoms with E-state index in [2.05, 4.69) is 31.2 Å². The van der Waals surface area contributed by atoms with Crippen LogP contribution in [0.15, 0.2) is 78.6 Å². The maximum Gasteiger partial charge on any atom is 0.170 e. The number of hydrogen-bond donors (Lipinski definition) is 0. The van der Waals surface area contributed by atoms with Crippen molar-refractivity contribution in [2.24, 2.45) is 0 Å². The molecule has 0 aliphatic heterocycles. The SMILES string of the molecule is CCCc1ccc(CCc2ccc(C3(F)CC=CC(F)=C3c3ccc(F)c(F)c3)c(F)c2)cc1. The van der Waals surface area contributed by atoms with Gasteiger partial charge >= 0.3 is 0 Å². The van der Waals surface area contributed by atoms with Crippen LogP contribution in [0, 0.1) is 17.5 Å². The fraction of sp³-hybridized carbons (Fsp3) is 0.241. The molecule has 1 aliphatic carbocycles. The summed E-state index contributed by atoms with van der Waals surface area (Å²) in [6, 6.07) is 15.1. The zero-order valence-corrected chi connectivity index (χ0v) is 18.9. The highest BCUT2D eigenvalue weighted by atomic mass is 19.2. The van der Waals surface area contributed by atoms with Gasteiger partial charge in [0.2, 0.25) is 0 Å². The number of benzene rings is 3. The Bertz CT molecular complexity index is 1240. The van der Waals surface area contributed by atoms with Gasteiger partial charge in [-0.25, -0.2) is 22.0 Å². The van der Waals surface area contributed by atoms with E-state index in [0.717, 1.165) is 42.7 Å². The molecule has 3 aromatic carbocycles. The number of allylic oxidation sites excluding steroid dienone is 4. The summed E-state index contributed by atoms with van der Waals surface area (Å²) in [7, 11) is 0. The van der Waals surface area contributed by atoms with Crippen LogP contribution in [0.1, 0.15) is 47.6 Å². The van der Waals surface area contributed by atoms with Gasteiger partial charge in [0.05, 0.1) is 0 Å². The van der Waals surface area contributed by atoms with E-state index in [9.17, 15) is 13.2 Å². The first-order chi connectivity index (χ1) is 16.3. The summed E-state index contributed by atoms with van der Waals surface area (Å²) in [6.07, 6.45) is 5.37. The minimum atomic E-state index is -2.55. The van der Waals surface area contributed by atoms with Gasteiger partial charge in [0.1, 0.15) is 11.6 Å². The normalized spacial score (nSPS) is 17.9. The van der Waals surface area contributed by atoms with Crippen LogP contribution in [-0.4, -0.2) is 0 Å². The summed E-state index contributed by atoms with van der Waals surface area (Å²) in [5.41, 5.74) is -0.484. The van der Waals surface area contributed by atoms with Gasteiger partial charge in [-0.1, -0.05) is 61.9 Å². The number of alkyl halides is 1. The van der Waals surface area contributed by atoms with Gasteiger partial charge < -0.3 is 0 Å². The summed E-state index contributed by atoms with van der Waals surface area (Å²) < 4.78 is 73.4. The van der Waals surface area contributed by atoms with Crippen molar-refractivity contribution in [3.8, 4) is 0 Å². The molecule has 4 rings (SSSR count). The highest BCUT2D eigenvalue weighted by Gasteiger charge is 2.42. The van der Waals surface area contributed by atoms with E-state index in [1.165, 1.54) is 23.8 Å². The molecule has 5 heteroatoms. The Kier molecular flexibility index (Phi) is 7.01. The third-order valence-electron chi connectivity index (χ3n) is 6.23. The number of halogens is 5. The van der Waals surface area contributed by atoms with Crippen molar-refractivity contribution < 1.29 is 22.0 Å². The van der Waals surface area contributed by atoms with Gasteiger partial charge in [-0.15, -0.1) is 0 Å². The molecule has 0 spiro atoms. The third-order valence-corrected chi connectivity index (χ3v) is 6.23. The molecule has 0 amide bonds. The fourth-order valence-corrected chi connectivity index (χ4v) is 4.45. The Balaban J connectivity index is 1.59. The van der Waals surface area contributed by atoms with Crippen molar-refractivity contribution in [3.63, 3.8) is 0 Å². The van der Waals surface area contributed by atoms with Gasteiger partial charge in [-0.05, 0) is 65.8 Å². The lowest BCUT2D eigenvalue weighted by Gasteiger charge is -2.31. The summed E-state index contributed by atoms with van der Waals surface area (Å²) in [5, 5.41) is 0. The van der Waals surface area contributed by atoms with Crippen molar-refractivity contribution in [1.29, 1.82) is 0 Å². The molecule has 0 heterocycles. The van der Waals surface area contributed by atoms with Crippen LogP contribution >= 0.6 is 0 Å². The van der Waals surface area contributed by atoms with E-state index >= 15 is 8.78 Å². The van der Waals surface area contributed by atoms with Crippen LogP contribution in [0.25, 0.3) is 5.57 Å². The quantitative estimate of drug-likeness (QED) is 0.306. The van der Waals surface area contributed by atoms with Crippen LogP contribution in [0.3, 0.4) is 0 Å². The second-order valence-corrected chi connectivity index (χ2v) is 8.64.